The van der Waals surface area contributed by atoms with E-state index in [-0.39, 0.29) is 5.91 Å². The Hall–Kier alpha value is -1.70. The van der Waals surface area contributed by atoms with Gasteiger partial charge in [-0.2, -0.15) is 5.43 Å². The van der Waals surface area contributed by atoms with Crippen molar-refractivity contribution in [2.24, 2.45) is 0 Å². The third-order valence-electron chi connectivity index (χ3n) is 3.43. The van der Waals surface area contributed by atoms with E-state index in [1.54, 1.807) is 6.08 Å². The molecule has 1 aromatic carbocycles. The molecule has 3 rings (SSSR count). The van der Waals surface area contributed by atoms with Crippen LogP contribution in [0.5, 0.6) is 0 Å². The number of benzene rings is 1. The number of ether oxygens (including phenoxy) is 1. The molecule has 6 nitrogen and oxygen atoms in total. The van der Waals surface area contributed by atoms with E-state index < -0.39 is 16.5 Å². The summed E-state index contributed by atoms with van der Waals surface area (Å²) >= 11 is 7.49. The monoisotopic (exact) mass is 353 g/mol. The van der Waals surface area contributed by atoms with Gasteiger partial charge in [0.1, 0.15) is 0 Å². The molecule has 1 saturated heterocycles. The number of thioether (sulfide) groups is 1. The lowest BCUT2D eigenvalue weighted by atomic mass is 10.3. The van der Waals surface area contributed by atoms with Crippen LogP contribution in [-0.4, -0.2) is 29.0 Å². The molecule has 0 aliphatic carbocycles. The van der Waals surface area contributed by atoms with Crippen molar-refractivity contribution < 1.29 is 14.3 Å². The number of hydrogen-bond donors (Lipinski definition) is 2. The van der Waals surface area contributed by atoms with Crippen molar-refractivity contribution in [2.45, 2.75) is 23.8 Å². The minimum absolute atomic E-state index is 0.284. The van der Waals surface area contributed by atoms with E-state index in [2.05, 4.69) is 10.9 Å². The Bertz CT molecular complexity index is 651. The van der Waals surface area contributed by atoms with E-state index in [9.17, 15) is 9.59 Å². The van der Waals surface area contributed by atoms with Gasteiger partial charge >= 0.3 is 6.09 Å². The zero-order valence-corrected chi connectivity index (χ0v) is 14.0. The largest absolute Gasteiger partial charge is 0.426 e. The number of para-hydroxylation sites is 1. The highest BCUT2D eigenvalue weighted by atomic mass is 35.5. The number of allylic oxidation sites excluding steroid dienone is 1. The van der Waals surface area contributed by atoms with Gasteiger partial charge in [0, 0.05) is 5.69 Å². The third kappa shape index (κ3) is 3.80. The molecule has 2 aliphatic rings. The average molecular weight is 354 g/mol. The molecular formula is C15H16ClN3O3S. The number of carbonyl (C=O) groups excluding carboxylic acids is 2. The number of cyclic esters (lactones) is 1. The van der Waals surface area contributed by atoms with Crippen molar-refractivity contribution in [3.63, 3.8) is 0 Å². The first-order chi connectivity index (χ1) is 10.9. The number of anilines is 1. The Balaban J connectivity index is 1.52. The molecule has 1 aromatic rings. The van der Waals surface area contributed by atoms with E-state index in [0.29, 0.717) is 17.9 Å². The number of carbonyl (C=O) groups is 2. The number of halogens is 1. The van der Waals surface area contributed by atoms with Crippen LogP contribution in [0.3, 0.4) is 0 Å². The molecule has 0 spiro atoms. The zero-order valence-electron chi connectivity index (χ0n) is 12.4. The van der Waals surface area contributed by atoms with E-state index in [1.165, 1.54) is 16.7 Å². The lowest BCUT2D eigenvalue weighted by Gasteiger charge is -2.15. The number of hydrogen-bond acceptors (Lipinski definition) is 5. The van der Waals surface area contributed by atoms with Gasteiger partial charge in [0.25, 0.3) is 5.91 Å². The number of alkyl halides is 1. The van der Waals surface area contributed by atoms with Gasteiger partial charge in [-0.05, 0) is 25.5 Å². The number of rotatable bonds is 4. The maximum Gasteiger partial charge on any atom is 0.416 e. The minimum Gasteiger partial charge on any atom is -0.426 e. The van der Waals surface area contributed by atoms with Crippen molar-refractivity contribution in [2.75, 3.05) is 11.4 Å². The molecular weight excluding hydrogens is 338 g/mol. The van der Waals surface area contributed by atoms with Crippen LogP contribution in [0.4, 0.5) is 10.5 Å². The molecule has 2 aliphatic heterocycles. The van der Waals surface area contributed by atoms with E-state index >= 15 is 0 Å². The molecule has 2 N–H and O–H groups in total. The summed E-state index contributed by atoms with van der Waals surface area (Å²) in [5.41, 5.74) is 6.04. The summed E-state index contributed by atoms with van der Waals surface area (Å²) in [6.07, 6.45) is 1.36. The van der Waals surface area contributed by atoms with Crippen LogP contribution < -0.4 is 15.8 Å². The van der Waals surface area contributed by atoms with Crippen LogP contribution >= 0.6 is 23.4 Å². The Labute approximate surface area is 143 Å². The van der Waals surface area contributed by atoms with Crippen LogP contribution in [0.1, 0.15) is 13.3 Å². The maximum absolute atomic E-state index is 12.0. The van der Waals surface area contributed by atoms with Crippen molar-refractivity contribution in [3.8, 4) is 0 Å². The summed E-state index contributed by atoms with van der Waals surface area (Å²) in [5, 5.41) is 0. The first kappa shape index (κ1) is 16.2. The zero-order chi connectivity index (χ0) is 16.4. The number of amides is 2. The highest BCUT2D eigenvalue weighted by molar-refractivity contribution is 8.06. The van der Waals surface area contributed by atoms with Crippen LogP contribution in [0, 0.1) is 0 Å². The van der Waals surface area contributed by atoms with Crippen LogP contribution in [0.15, 0.2) is 41.3 Å². The predicted molar refractivity (Wildman–Crippen MR) is 89.9 cm³/mol. The minimum atomic E-state index is -0.610. The van der Waals surface area contributed by atoms with Crippen molar-refractivity contribution >= 4 is 41.1 Å². The molecule has 0 saturated carbocycles. The maximum atomic E-state index is 12.0. The van der Waals surface area contributed by atoms with Gasteiger partial charge < -0.3 is 4.74 Å². The van der Waals surface area contributed by atoms with E-state index in [4.69, 9.17) is 16.3 Å². The third-order valence-corrected chi connectivity index (χ3v) is 4.98. The first-order valence-corrected chi connectivity index (χ1v) is 8.31. The van der Waals surface area contributed by atoms with Crippen molar-refractivity contribution in [1.82, 2.24) is 10.9 Å². The number of hydrazine groups is 1. The quantitative estimate of drug-likeness (QED) is 0.643. The lowest BCUT2D eigenvalue weighted by molar-refractivity contribution is -0.118. The van der Waals surface area contributed by atoms with Gasteiger partial charge in [-0.15, -0.1) is 11.6 Å². The molecule has 1 fully saturated rings. The molecule has 2 atom stereocenters. The molecule has 2 amide bonds. The summed E-state index contributed by atoms with van der Waals surface area (Å²) in [6, 6.07) is 9.21. The van der Waals surface area contributed by atoms with Crippen LogP contribution in [0.2, 0.25) is 0 Å². The Kier molecular flexibility index (Phi) is 4.52. The molecule has 2 heterocycles. The number of nitrogens with zero attached hydrogens (tertiary/aromatic N) is 1. The molecule has 23 heavy (non-hydrogen) atoms. The predicted octanol–water partition coefficient (Wildman–Crippen LogP) is 2.57. The highest BCUT2D eigenvalue weighted by Crippen LogP contribution is 2.44. The molecule has 122 valence electrons. The van der Waals surface area contributed by atoms with Crippen molar-refractivity contribution in [1.29, 1.82) is 0 Å². The van der Waals surface area contributed by atoms with Gasteiger partial charge in [-0.3, -0.25) is 15.1 Å². The second-order valence-corrected chi connectivity index (χ2v) is 8.00. The van der Waals surface area contributed by atoms with Crippen molar-refractivity contribution in [3.05, 3.63) is 41.3 Å². The van der Waals surface area contributed by atoms with Crippen LogP contribution in [-0.2, 0) is 9.53 Å². The number of nitrogens with one attached hydrogen (secondary N) is 2. The standard InChI is InChI=1S/C15H16ClN3O3S/c1-15(16)8-7-11(23-15)13(20)18-17-12-9-19(14(21)22-12)10-5-3-2-4-6-10/h2-7,12,17H,8-9H2,1H3,(H,18,20). The summed E-state index contributed by atoms with van der Waals surface area (Å²) in [5.74, 6) is -0.284. The topological polar surface area (TPSA) is 70.7 Å². The fourth-order valence-corrected chi connectivity index (χ4v) is 3.55. The molecule has 0 radical (unpaired) electrons. The Morgan fingerprint density at radius 3 is 2.83 bits per heavy atom. The molecule has 0 bridgehead atoms. The highest BCUT2D eigenvalue weighted by Gasteiger charge is 2.34. The molecule has 8 heteroatoms. The lowest BCUT2D eigenvalue weighted by Crippen LogP contribution is -2.46. The summed E-state index contributed by atoms with van der Waals surface area (Å²) < 4.78 is 4.72. The smallest absolute Gasteiger partial charge is 0.416 e. The second-order valence-electron chi connectivity index (χ2n) is 5.39. The van der Waals surface area contributed by atoms with Gasteiger partial charge in [0.2, 0.25) is 0 Å². The summed E-state index contributed by atoms with van der Waals surface area (Å²) in [6.45, 7) is 2.17. The van der Waals surface area contributed by atoms with Gasteiger partial charge in [0.15, 0.2) is 6.23 Å². The van der Waals surface area contributed by atoms with Crippen LogP contribution in [0.25, 0.3) is 0 Å². The normalized spacial score (nSPS) is 26.9. The average Bonchev–Trinajstić information content (AvgIpc) is 3.08. The van der Waals surface area contributed by atoms with E-state index in [0.717, 1.165) is 5.69 Å². The van der Waals surface area contributed by atoms with Gasteiger partial charge in [-0.25, -0.2) is 4.79 Å². The van der Waals surface area contributed by atoms with E-state index in [1.807, 2.05) is 37.3 Å². The summed E-state index contributed by atoms with van der Waals surface area (Å²) in [7, 11) is 0. The fourth-order valence-electron chi connectivity index (χ4n) is 2.29. The first-order valence-electron chi connectivity index (χ1n) is 7.12. The second kappa shape index (κ2) is 6.43. The summed E-state index contributed by atoms with van der Waals surface area (Å²) in [4.78, 5) is 26.0. The fraction of sp³-hybridized carbons (Fsp3) is 0.333. The van der Waals surface area contributed by atoms with Gasteiger partial charge in [0.05, 0.1) is 15.7 Å². The SMILES string of the molecule is CC1(Cl)CC=C(C(=O)NNC2CN(c3ccccc3)C(=O)O2)S1. The Morgan fingerprint density at radius 2 is 2.17 bits per heavy atom. The molecule has 0 aromatic heterocycles. The molecule has 2 unspecified atom stereocenters. The Morgan fingerprint density at radius 1 is 1.43 bits per heavy atom. The van der Waals surface area contributed by atoms with Gasteiger partial charge in [-0.1, -0.05) is 36.0 Å².